The number of aromatic nitrogens is 3. The number of aliphatic hydroxyl groups is 2. The molecular formula is C27H27N3O4S28. The van der Waals surface area contributed by atoms with Gasteiger partial charge in [-0.1, -0.05) is 29.0 Å². The number of nitrogens with zero attached hydrogens (tertiary/aromatic N) is 3. The van der Waals surface area contributed by atoms with Crippen molar-refractivity contribution in [1.82, 2.24) is 15.0 Å². The Labute approximate surface area is 455 Å². The molecule has 0 unspecified atom stereocenters. The lowest BCUT2D eigenvalue weighted by Gasteiger charge is -1.99. The summed E-state index contributed by atoms with van der Waals surface area (Å²) in [6.45, 7) is 0.0625. The Morgan fingerprint density at radius 1 is 0.435 bits per heavy atom. The zero-order valence-electron chi connectivity index (χ0n) is 30.1. The lowest BCUT2D eigenvalue weighted by Crippen LogP contribution is -1.85. The van der Waals surface area contributed by atoms with Crippen LogP contribution in [-0.2, 0) is 238 Å². The SMILES string of the molecule is OCc1cocc1CS.OCc1cocc1CSSc1ccccn1.S=S=S=S=S=S=S=S=S=S=S.S=S=S=S=S=S=S=S=S=S=S=S.c1ccc(SSc2ccccn2)nc1. The second-order valence-corrected chi connectivity index (χ2v) is 47.0. The highest BCUT2D eigenvalue weighted by Crippen LogP contribution is 2.34. The van der Waals surface area contributed by atoms with Crippen LogP contribution in [0.3, 0.4) is 0 Å². The van der Waals surface area contributed by atoms with Gasteiger partial charge in [-0.15, -0.1) is 0 Å². The molecule has 0 fully saturated rings. The second-order valence-electron chi connectivity index (χ2n) is 8.63. The van der Waals surface area contributed by atoms with Crippen LogP contribution in [0, 0.1) is 0 Å². The molecule has 0 amide bonds. The predicted molar refractivity (Wildman–Crippen MR) is 333 cm³/mol. The molecule has 0 aromatic carbocycles. The van der Waals surface area contributed by atoms with Crippen molar-refractivity contribution in [3.63, 3.8) is 0 Å². The molecule has 7 nitrogen and oxygen atoms in total. The van der Waals surface area contributed by atoms with Crippen LogP contribution in [0.5, 0.6) is 0 Å². The van der Waals surface area contributed by atoms with Crippen LogP contribution in [0.1, 0.15) is 22.3 Å². The molecule has 2 N–H and O–H groups in total. The molecule has 5 rings (SSSR count). The van der Waals surface area contributed by atoms with Gasteiger partial charge in [0.25, 0.3) is 0 Å². The van der Waals surface area contributed by atoms with Gasteiger partial charge in [0.05, 0.1) is 38.3 Å². The Morgan fingerprint density at radius 3 is 1.06 bits per heavy atom. The Hall–Kier alpha value is 2.74. The van der Waals surface area contributed by atoms with E-state index in [1.54, 1.807) is 214 Å². The van der Waals surface area contributed by atoms with Crippen molar-refractivity contribution in [3.05, 3.63) is 120 Å². The maximum atomic E-state index is 9.04. The first-order chi connectivity index (χ1) is 30.6. The minimum Gasteiger partial charge on any atom is -0.472 e. The van der Waals surface area contributed by atoms with E-state index in [1.807, 2.05) is 54.6 Å². The van der Waals surface area contributed by atoms with E-state index in [0.717, 1.165) is 43.1 Å². The molecule has 62 heavy (non-hydrogen) atoms. The van der Waals surface area contributed by atoms with E-state index < -0.39 is 0 Å². The summed E-state index contributed by atoms with van der Waals surface area (Å²) in [5, 5.41) is 20.7. The average Bonchev–Trinajstić information content (AvgIpc) is 4.00. The van der Waals surface area contributed by atoms with Gasteiger partial charge in [0, 0.05) is 266 Å². The van der Waals surface area contributed by atoms with Gasteiger partial charge in [0.2, 0.25) is 0 Å². The van der Waals surface area contributed by atoms with Crippen molar-refractivity contribution >= 4 is 269 Å². The number of aliphatic hydroxyl groups excluding tert-OH is 2. The number of hydrogen-bond donors (Lipinski definition) is 3. The predicted octanol–water partition coefficient (Wildman–Crippen LogP) is 7.53. The van der Waals surface area contributed by atoms with Crippen molar-refractivity contribution in [3.8, 4) is 0 Å². The summed E-state index contributed by atoms with van der Waals surface area (Å²) in [6.07, 6.45) is 11.8. The van der Waals surface area contributed by atoms with E-state index in [4.69, 9.17) is 19.0 Å². The van der Waals surface area contributed by atoms with Crippen LogP contribution in [0.2, 0.25) is 0 Å². The molecule has 0 bridgehead atoms. The maximum absolute atomic E-state index is 9.04. The van der Waals surface area contributed by atoms with Gasteiger partial charge < -0.3 is 19.0 Å². The molecular weight excluding hydrogens is 1330 g/mol. The van der Waals surface area contributed by atoms with Crippen LogP contribution >= 0.6 is 55.8 Å². The molecule has 0 radical (unpaired) electrons. The Balaban J connectivity index is 0.000000393. The molecule has 5 heterocycles. The molecule has 0 saturated carbocycles. The first kappa shape index (κ1) is 62.8. The molecule has 0 aliphatic heterocycles. The zero-order valence-corrected chi connectivity index (χ0v) is 53.0. The van der Waals surface area contributed by atoms with Crippen LogP contribution in [0.4, 0.5) is 0 Å². The van der Waals surface area contributed by atoms with E-state index in [2.05, 4.69) is 72.3 Å². The summed E-state index contributed by atoms with van der Waals surface area (Å²) in [4.78, 5) is 12.6. The highest BCUT2D eigenvalue weighted by molar-refractivity contribution is 8.77. The third-order valence-corrected chi connectivity index (χ3v) is 47.6. The largest absolute Gasteiger partial charge is 0.472 e. The van der Waals surface area contributed by atoms with E-state index in [0.29, 0.717) is 5.75 Å². The number of pyridine rings is 3. The quantitative estimate of drug-likeness (QED) is 0.0948. The van der Waals surface area contributed by atoms with Crippen molar-refractivity contribution in [2.24, 2.45) is 0 Å². The fourth-order valence-electron chi connectivity index (χ4n) is 2.84. The van der Waals surface area contributed by atoms with Gasteiger partial charge in [-0.05, 0) is 68.8 Å². The summed E-state index contributed by atoms with van der Waals surface area (Å²) in [5.41, 5.74) is 3.68. The number of thiol groups is 1. The third kappa shape index (κ3) is 36.7. The third-order valence-electron chi connectivity index (χ3n) is 5.13. The van der Waals surface area contributed by atoms with Gasteiger partial charge in [-0.2, -0.15) is 12.6 Å². The number of furan rings is 2. The van der Waals surface area contributed by atoms with Crippen molar-refractivity contribution in [2.75, 3.05) is 0 Å². The first-order valence-corrected chi connectivity index (χ1v) is 48.1. The lowest BCUT2D eigenvalue weighted by atomic mass is 10.2. The van der Waals surface area contributed by atoms with Crippen LogP contribution < -0.4 is 0 Å². The van der Waals surface area contributed by atoms with Gasteiger partial charge in [-0.3, -0.25) is 0 Å². The summed E-state index contributed by atoms with van der Waals surface area (Å²) in [7, 11) is 37.3. The molecule has 0 spiro atoms. The smallest absolute Gasteiger partial charge is 0.107 e. The van der Waals surface area contributed by atoms with Crippen molar-refractivity contribution < 1.29 is 19.0 Å². The fourth-order valence-corrected chi connectivity index (χ4v) is 48.0. The molecule has 5 aromatic heterocycles. The zero-order chi connectivity index (χ0) is 45.0. The monoisotopic (exact) mass is 1350 g/mol. The fraction of sp³-hybridized carbons (Fsp3) is 0.148. The summed E-state index contributed by atoms with van der Waals surface area (Å²) in [6, 6.07) is 17.6. The number of rotatable bonds is 10. The summed E-state index contributed by atoms with van der Waals surface area (Å²) < 4.78 is 9.86. The molecule has 0 aliphatic rings. The van der Waals surface area contributed by atoms with E-state index in [1.165, 1.54) is 41.8 Å². The summed E-state index contributed by atoms with van der Waals surface area (Å²) in [5.74, 6) is 1.42. The summed E-state index contributed by atoms with van der Waals surface area (Å²) >= 11 is 22.8. The molecule has 35 heteroatoms. The topological polar surface area (TPSA) is 105 Å². The Kier molecular flexibility index (Phi) is 49.3. The lowest BCUT2D eigenvalue weighted by molar-refractivity contribution is 0.279. The molecule has 0 saturated heterocycles. The molecule has 0 atom stereocenters. The first-order valence-electron chi connectivity index (χ1n) is 15.0. The Bertz CT molecular complexity index is 2730. The highest BCUT2D eigenvalue weighted by atomic mass is 33.5. The second kappa shape index (κ2) is 48.8. The van der Waals surface area contributed by atoms with Gasteiger partial charge in [0.1, 0.15) is 15.1 Å². The van der Waals surface area contributed by atoms with E-state index in [-0.39, 0.29) is 13.2 Å². The van der Waals surface area contributed by atoms with Crippen LogP contribution in [0.15, 0.2) is 122 Å². The minimum atomic E-state index is 0.0284. The standard InChI is InChI=1S/C11H11NO2S2.C10H8N2S2.C6H8O2S.S12.S11/c13-5-9-6-14-7-10(9)8-15-16-11-3-1-2-4-12-11;1-3-7-11-9(5-1)13-14-10-6-2-4-8-12-10;7-1-5-2-8-3-6(5)4-9;1-3-5-7-9-11-12-10-8-6-4-2;1-3-5-7-9-11-10-8-6-4-2/h1-4,6-7,13H,5,8H2;1-8H;2-3,7,9H,1,4H2;;. The average molecular weight is 1360 g/mol. The molecule has 0 aliphatic carbocycles. The van der Waals surface area contributed by atoms with Gasteiger partial charge in [0.15, 0.2) is 0 Å². The van der Waals surface area contributed by atoms with E-state index >= 15 is 0 Å². The molecule has 5 aromatic rings. The minimum absolute atomic E-state index is 0.0284. The number of hydrogen-bond acceptors (Lipinski definition) is 16. The normalized spacial score (nSPS) is 9.02. The van der Waals surface area contributed by atoms with Gasteiger partial charge >= 0.3 is 0 Å². The van der Waals surface area contributed by atoms with Crippen molar-refractivity contribution in [2.45, 2.75) is 39.8 Å². The maximum Gasteiger partial charge on any atom is 0.107 e. The van der Waals surface area contributed by atoms with Crippen LogP contribution in [-0.4, -0.2) is 25.2 Å². The molecule has 342 valence electrons. The highest BCUT2D eigenvalue weighted by Gasteiger charge is 2.05. The van der Waals surface area contributed by atoms with Crippen LogP contribution in [0.25, 0.3) is 0 Å². The Morgan fingerprint density at radius 2 is 0.758 bits per heavy atom. The van der Waals surface area contributed by atoms with Gasteiger partial charge in [-0.25, -0.2) is 15.0 Å². The van der Waals surface area contributed by atoms with E-state index in [9.17, 15) is 0 Å². The van der Waals surface area contributed by atoms with Crippen molar-refractivity contribution in [1.29, 1.82) is 0 Å².